The first kappa shape index (κ1) is 20.3. The second-order valence-electron chi connectivity index (χ2n) is 7.42. The van der Waals surface area contributed by atoms with Crippen LogP contribution in [0.5, 0.6) is 11.5 Å². The van der Waals surface area contributed by atoms with Crippen molar-refractivity contribution in [3.63, 3.8) is 0 Å². The maximum absolute atomic E-state index is 12.6. The van der Waals surface area contributed by atoms with E-state index in [-0.39, 0.29) is 30.1 Å². The van der Waals surface area contributed by atoms with Gasteiger partial charge in [0.1, 0.15) is 11.5 Å². The third-order valence-corrected chi connectivity index (χ3v) is 5.15. The van der Waals surface area contributed by atoms with E-state index in [4.69, 9.17) is 4.74 Å². The summed E-state index contributed by atoms with van der Waals surface area (Å²) in [7, 11) is 0. The van der Waals surface area contributed by atoms with E-state index < -0.39 is 0 Å². The van der Waals surface area contributed by atoms with Gasteiger partial charge in [0.2, 0.25) is 11.8 Å². The number of carbonyl (C=O) groups is 3. The van der Waals surface area contributed by atoms with Crippen LogP contribution in [0.25, 0.3) is 0 Å². The van der Waals surface area contributed by atoms with Crippen molar-refractivity contribution in [3.05, 3.63) is 95.6 Å². The molecular formula is C25H22N2O4. The van der Waals surface area contributed by atoms with Crippen molar-refractivity contribution >= 4 is 17.7 Å². The van der Waals surface area contributed by atoms with Crippen molar-refractivity contribution in [1.82, 2.24) is 10.6 Å². The van der Waals surface area contributed by atoms with Crippen LogP contribution in [0.15, 0.2) is 78.9 Å². The van der Waals surface area contributed by atoms with Gasteiger partial charge in [-0.3, -0.25) is 19.7 Å². The van der Waals surface area contributed by atoms with Crippen molar-refractivity contribution in [2.24, 2.45) is 5.92 Å². The lowest BCUT2D eigenvalue weighted by Crippen LogP contribution is -2.23. The van der Waals surface area contributed by atoms with Crippen LogP contribution in [0.4, 0.5) is 0 Å². The normalized spacial score (nSPS) is 15.4. The van der Waals surface area contributed by atoms with Crippen LogP contribution < -0.4 is 15.4 Å². The van der Waals surface area contributed by atoms with E-state index in [0.29, 0.717) is 24.3 Å². The Morgan fingerprint density at radius 1 is 0.935 bits per heavy atom. The first-order valence-corrected chi connectivity index (χ1v) is 10.1. The van der Waals surface area contributed by atoms with E-state index in [0.717, 1.165) is 16.9 Å². The van der Waals surface area contributed by atoms with Gasteiger partial charge in [-0.15, -0.1) is 0 Å². The Morgan fingerprint density at radius 2 is 1.65 bits per heavy atom. The smallest absolute Gasteiger partial charge is 0.251 e. The standard InChI is InChI=1S/C25H22N2O4/c28-23-15-20(25(30)27-23)14-17-10-12-18(13-11-17)24(29)26-16-19-6-4-5-9-22(19)31-21-7-2-1-3-8-21/h1-13,20H,14-16H2,(H,26,29)(H,27,28,30). The first-order valence-electron chi connectivity index (χ1n) is 10.1. The van der Waals surface area contributed by atoms with Crippen LogP contribution in [0.2, 0.25) is 0 Å². The first-order chi connectivity index (χ1) is 15.1. The van der Waals surface area contributed by atoms with E-state index in [2.05, 4.69) is 10.6 Å². The average Bonchev–Trinajstić information content (AvgIpc) is 3.10. The lowest BCUT2D eigenvalue weighted by Gasteiger charge is -2.12. The van der Waals surface area contributed by atoms with Gasteiger partial charge in [-0.05, 0) is 42.3 Å². The number of benzene rings is 3. The molecule has 0 saturated carbocycles. The minimum Gasteiger partial charge on any atom is -0.457 e. The SMILES string of the molecule is O=C1CC(Cc2ccc(C(=O)NCc3ccccc3Oc3ccccc3)cc2)C(=O)N1. The number of nitrogens with one attached hydrogen (secondary N) is 2. The monoisotopic (exact) mass is 414 g/mol. The molecule has 0 radical (unpaired) electrons. The molecule has 0 bridgehead atoms. The number of amides is 3. The summed E-state index contributed by atoms with van der Waals surface area (Å²) >= 11 is 0. The second kappa shape index (κ2) is 9.26. The summed E-state index contributed by atoms with van der Waals surface area (Å²) in [6.07, 6.45) is 0.690. The van der Waals surface area contributed by atoms with Gasteiger partial charge in [0.05, 0.1) is 5.92 Å². The van der Waals surface area contributed by atoms with Gasteiger partial charge in [-0.25, -0.2) is 0 Å². The molecule has 0 aromatic heterocycles. The summed E-state index contributed by atoms with van der Waals surface area (Å²) in [4.78, 5) is 35.6. The Balaban J connectivity index is 1.36. The van der Waals surface area contributed by atoms with E-state index in [1.54, 1.807) is 12.1 Å². The molecule has 3 amide bonds. The van der Waals surface area contributed by atoms with Gasteiger partial charge < -0.3 is 10.1 Å². The Hall–Kier alpha value is -3.93. The predicted octanol–water partition coefficient (Wildman–Crippen LogP) is 3.61. The van der Waals surface area contributed by atoms with Crippen LogP contribution in [0, 0.1) is 5.92 Å². The molecule has 6 nitrogen and oxygen atoms in total. The van der Waals surface area contributed by atoms with Gasteiger partial charge >= 0.3 is 0 Å². The van der Waals surface area contributed by atoms with Crippen LogP contribution >= 0.6 is 0 Å². The maximum Gasteiger partial charge on any atom is 0.251 e. The number of para-hydroxylation sites is 2. The molecule has 31 heavy (non-hydrogen) atoms. The summed E-state index contributed by atoms with van der Waals surface area (Å²) in [5.41, 5.74) is 2.30. The Bertz CT molecular complexity index is 1090. The molecule has 6 heteroatoms. The van der Waals surface area contributed by atoms with Gasteiger partial charge in [-0.1, -0.05) is 48.5 Å². The van der Waals surface area contributed by atoms with Gasteiger partial charge in [0, 0.05) is 24.1 Å². The largest absolute Gasteiger partial charge is 0.457 e. The number of ether oxygens (including phenoxy) is 1. The number of hydrogen-bond donors (Lipinski definition) is 2. The third kappa shape index (κ3) is 5.17. The fourth-order valence-electron chi connectivity index (χ4n) is 3.49. The van der Waals surface area contributed by atoms with E-state index in [1.807, 2.05) is 66.7 Å². The van der Waals surface area contributed by atoms with Crippen LogP contribution in [0.1, 0.15) is 27.9 Å². The molecule has 3 aromatic carbocycles. The highest BCUT2D eigenvalue weighted by Crippen LogP contribution is 2.25. The summed E-state index contributed by atoms with van der Waals surface area (Å²) < 4.78 is 5.93. The van der Waals surface area contributed by atoms with Gasteiger partial charge in [-0.2, -0.15) is 0 Å². The topological polar surface area (TPSA) is 84.5 Å². The summed E-state index contributed by atoms with van der Waals surface area (Å²) in [5.74, 6) is 0.414. The number of hydrogen-bond acceptors (Lipinski definition) is 4. The molecule has 1 aliphatic heterocycles. The lowest BCUT2D eigenvalue weighted by molar-refractivity contribution is -0.125. The Morgan fingerprint density at radius 3 is 2.35 bits per heavy atom. The van der Waals surface area contributed by atoms with Crippen LogP contribution in [0.3, 0.4) is 0 Å². The molecule has 0 spiro atoms. The molecule has 1 unspecified atom stereocenters. The third-order valence-electron chi connectivity index (χ3n) is 5.15. The highest BCUT2D eigenvalue weighted by atomic mass is 16.5. The zero-order valence-electron chi connectivity index (χ0n) is 16.8. The Labute approximate surface area is 180 Å². The average molecular weight is 414 g/mol. The molecule has 1 saturated heterocycles. The molecule has 156 valence electrons. The molecule has 1 atom stereocenters. The van der Waals surface area contributed by atoms with Crippen molar-refractivity contribution in [2.75, 3.05) is 0 Å². The minimum absolute atomic E-state index is 0.199. The van der Waals surface area contributed by atoms with Gasteiger partial charge in [0.15, 0.2) is 0 Å². The van der Waals surface area contributed by atoms with Crippen molar-refractivity contribution in [1.29, 1.82) is 0 Å². The number of carbonyl (C=O) groups excluding carboxylic acids is 3. The molecule has 1 heterocycles. The number of imide groups is 1. The summed E-state index contributed by atoms with van der Waals surface area (Å²) in [6, 6.07) is 24.1. The van der Waals surface area contributed by atoms with E-state index >= 15 is 0 Å². The van der Waals surface area contributed by atoms with E-state index in [1.165, 1.54) is 0 Å². The zero-order valence-corrected chi connectivity index (χ0v) is 16.8. The quantitative estimate of drug-likeness (QED) is 0.579. The molecule has 2 N–H and O–H groups in total. The molecule has 0 aliphatic carbocycles. The minimum atomic E-state index is -0.340. The van der Waals surface area contributed by atoms with Crippen molar-refractivity contribution in [2.45, 2.75) is 19.4 Å². The molecular weight excluding hydrogens is 392 g/mol. The molecule has 1 fully saturated rings. The van der Waals surface area contributed by atoms with Crippen molar-refractivity contribution < 1.29 is 19.1 Å². The second-order valence-corrected chi connectivity index (χ2v) is 7.42. The molecule has 1 aliphatic rings. The molecule has 3 aromatic rings. The highest BCUT2D eigenvalue weighted by Gasteiger charge is 2.30. The van der Waals surface area contributed by atoms with Crippen LogP contribution in [-0.4, -0.2) is 17.7 Å². The lowest BCUT2D eigenvalue weighted by atomic mass is 9.97. The van der Waals surface area contributed by atoms with Crippen molar-refractivity contribution in [3.8, 4) is 11.5 Å². The number of rotatable bonds is 7. The fourth-order valence-corrected chi connectivity index (χ4v) is 3.49. The van der Waals surface area contributed by atoms with Gasteiger partial charge in [0.25, 0.3) is 5.91 Å². The van der Waals surface area contributed by atoms with E-state index in [9.17, 15) is 14.4 Å². The summed E-state index contributed by atoms with van der Waals surface area (Å²) in [5, 5.41) is 5.24. The predicted molar refractivity (Wildman–Crippen MR) is 116 cm³/mol. The summed E-state index contributed by atoms with van der Waals surface area (Å²) in [6.45, 7) is 0.327. The molecule has 4 rings (SSSR count). The zero-order chi connectivity index (χ0) is 21.6. The van der Waals surface area contributed by atoms with Crippen LogP contribution in [-0.2, 0) is 22.6 Å². The maximum atomic E-state index is 12.6. The Kier molecular flexibility index (Phi) is 6.08. The fraction of sp³-hybridized carbons (Fsp3) is 0.160. The highest BCUT2D eigenvalue weighted by molar-refractivity contribution is 6.03.